The van der Waals surface area contributed by atoms with Gasteiger partial charge < -0.3 is 10.4 Å². The highest BCUT2D eigenvalue weighted by Crippen LogP contribution is 2.23. The lowest BCUT2D eigenvalue weighted by molar-refractivity contribution is 0.153. The molecular weight excluding hydrogens is 198 g/mol. The monoisotopic (exact) mass is 219 g/mol. The van der Waals surface area contributed by atoms with Crippen LogP contribution in [-0.2, 0) is 0 Å². The lowest BCUT2D eigenvalue weighted by atomic mass is 9.92. The van der Waals surface area contributed by atoms with Gasteiger partial charge >= 0.3 is 0 Å². The molecule has 16 heavy (non-hydrogen) atoms. The van der Waals surface area contributed by atoms with Crippen LogP contribution >= 0.6 is 0 Å². The maximum Gasteiger partial charge on any atom is 0.0790 e. The van der Waals surface area contributed by atoms with E-state index in [2.05, 4.69) is 5.32 Å². The molecule has 1 fully saturated rings. The highest BCUT2D eigenvalue weighted by molar-refractivity contribution is 5.17. The number of rotatable bonds is 4. The highest BCUT2D eigenvalue weighted by Gasteiger charge is 2.15. The normalized spacial score (nSPS) is 22.9. The van der Waals surface area contributed by atoms with Crippen molar-refractivity contribution < 1.29 is 5.11 Å². The van der Waals surface area contributed by atoms with E-state index < -0.39 is 0 Å². The van der Waals surface area contributed by atoms with E-state index in [0.717, 1.165) is 37.4 Å². The van der Waals surface area contributed by atoms with Crippen LogP contribution < -0.4 is 5.32 Å². The number of hydrogen-bond donors (Lipinski definition) is 2. The molecule has 0 spiro atoms. The van der Waals surface area contributed by atoms with E-state index in [1.807, 2.05) is 30.3 Å². The summed E-state index contributed by atoms with van der Waals surface area (Å²) < 4.78 is 0. The first-order valence-corrected chi connectivity index (χ1v) is 6.30. The van der Waals surface area contributed by atoms with Crippen LogP contribution in [0.25, 0.3) is 0 Å². The third-order valence-electron chi connectivity index (χ3n) is 3.43. The molecule has 2 nitrogen and oxygen atoms in total. The molecule has 1 aromatic carbocycles. The molecule has 0 saturated carbocycles. The molecular formula is C14H21NO. The summed E-state index contributed by atoms with van der Waals surface area (Å²) in [5, 5.41) is 13.4. The lowest BCUT2D eigenvalue weighted by Crippen LogP contribution is -2.29. The minimum absolute atomic E-state index is 0.289. The molecule has 0 aromatic heterocycles. The number of nitrogens with one attached hydrogen (secondary N) is 1. The van der Waals surface area contributed by atoms with Gasteiger partial charge in [0.15, 0.2) is 0 Å². The van der Waals surface area contributed by atoms with E-state index in [9.17, 15) is 5.11 Å². The smallest absolute Gasteiger partial charge is 0.0790 e. The largest absolute Gasteiger partial charge is 0.388 e. The Hall–Kier alpha value is -0.860. The average molecular weight is 219 g/mol. The Morgan fingerprint density at radius 2 is 2.12 bits per heavy atom. The van der Waals surface area contributed by atoms with Gasteiger partial charge in [0.2, 0.25) is 0 Å². The van der Waals surface area contributed by atoms with Gasteiger partial charge in [0.1, 0.15) is 0 Å². The van der Waals surface area contributed by atoms with Crippen LogP contribution in [0.1, 0.15) is 37.4 Å². The quantitative estimate of drug-likeness (QED) is 0.815. The minimum atomic E-state index is -0.289. The molecule has 1 heterocycles. The number of benzene rings is 1. The van der Waals surface area contributed by atoms with Gasteiger partial charge in [-0.1, -0.05) is 30.3 Å². The van der Waals surface area contributed by atoms with Crippen LogP contribution in [0.5, 0.6) is 0 Å². The van der Waals surface area contributed by atoms with Gasteiger partial charge in [0, 0.05) is 0 Å². The predicted octanol–water partition coefficient (Wildman–Crippen LogP) is 2.50. The minimum Gasteiger partial charge on any atom is -0.388 e. The Balaban J connectivity index is 1.77. The Bertz CT molecular complexity index is 293. The first-order chi connectivity index (χ1) is 7.86. The number of aliphatic hydroxyl groups is 1. The molecule has 2 atom stereocenters. The van der Waals surface area contributed by atoms with Crippen molar-refractivity contribution >= 4 is 0 Å². The maximum atomic E-state index is 10.0. The second kappa shape index (κ2) is 6.02. The lowest BCUT2D eigenvalue weighted by Gasteiger charge is -2.23. The number of piperidine rings is 1. The van der Waals surface area contributed by atoms with Crippen molar-refractivity contribution in [2.75, 3.05) is 13.1 Å². The summed E-state index contributed by atoms with van der Waals surface area (Å²) in [6, 6.07) is 9.97. The third-order valence-corrected chi connectivity index (χ3v) is 3.43. The molecule has 1 aliphatic heterocycles. The summed E-state index contributed by atoms with van der Waals surface area (Å²) in [7, 11) is 0. The van der Waals surface area contributed by atoms with Gasteiger partial charge in [-0.05, 0) is 50.3 Å². The second-order valence-corrected chi connectivity index (χ2v) is 4.72. The summed E-state index contributed by atoms with van der Waals surface area (Å²) in [6.45, 7) is 2.29. The fraction of sp³-hybridized carbons (Fsp3) is 0.571. The average Bonchev–Trinajstić information content (AvgIpc) is 2.38. The van der Waals surface area contributed by atoms with Crippen LogP contribution in [0.4, 0.5) is 0 Å². The van der Waals surface area contributed by atoms with E-state index in [0.29, 0.717) is 0 Å². The first-order valence-electron chi connectivity index (χ1n) is 6.30. The van der Waals surface area contributed by atoms with Crippen LogP contribution in [0, 0.1) is 5.92 Å². The highest BCUT2D eigenvalue weighted by atomic mass is 16.3. The zero-order chi connectivity index (χ0) is 11.2. The molecule has 2 unspecified atom stereocenters. The SMILES string of the molecule is OC(CCC1CCCNC1)c1ccccc1. The van der Waals surface area contributed by atoms with E-state index in [1.165, 1.54) is 12.8 Å². The van der Waals surface area contributed by atoms with Gasteiger partial charge in [-0.15, -0.1) is 0 Å². The summed E-state index contributed by atoms with van der Waals surface area (Å²) >= 11 is 0. The molecule has 1 aromatic rings. The van der Waals surface area contributed by atoms with E-state index >= 15 is 0 Å². The van der Waals surface area contributed by atoms with Gasteiger partial charge in [0.05, 0.1) is 6.10 Å². The van der Waals surface area contributed by atoms with Crippen molar-refractivity contribution in [1.29, 1.82) is 0 Å². The second-order valence-electron chi connectivity index (χ2n) is 4.72. The molecule has 1 aliphatic rings. The fourth-order valence-corrected chi connectivity index (χ4v) is 2.41. The Kier molecular flexibility index (Phi) is 4.37. The molecule has 2 heteroatoms. The van der Waals surface area contributed by atoms with Crippen LogP contribution in [0.15, 0.2) is 30.3 Å². The summed E-state index contributed by atoms with van der Waals surface area (Å²) in [5.74, 6) is 0.757. The molecule has 0 aliphatic carbocycles. The van der Waals surface area contributed by atoms with Crippen molar-refractivity contribution in [2.45, 2.75) is 31.8 Å². The zero-order valence-electron chi connectivity index (χ0n) is 9.73. The summed E-state index contributed by atoms with van der Waals surface area (Å²) in [4.78, 5) is 0. The van der Waals surface area contributed by atoms with Crippen LogP contribution in [-0.4, -0.2) is 18.2 Å². The fourth-order valence-electron chi connectivity index (χ4n) is 2.41. The summed E-state index contributed by atoms with van der Waals surface area (Å²) in [5.41, 5.74) is 1.05. The molecule has 0 radical (unpaired) electrons. The van der Waals surface area contributed by atoms with E-state index in [1.54, 1.807) is 0 Å². The number of hydrogen-bond acceptors (Lipinski definition) is 2. The molecule has 1 saturated heterocycles. The van der Waals surface area contributed by atoms with E-state index in [-0.39, 0.29) is 6.10 Å². The van der Waals surface area contributed by atoms with Crippen LogP contribution in [0.3, 0.4) is 0 Å². The van der Waals surface area contributed by atoms with Crippen molar-refractivity contribution in [3.8, 4) is 0 Å². The Labute approximate surface area is 97.7 Å². The van der Waals surface area contributed by atoms with Gasteiger partial charge in [-0.2, -0.15) is 0 Å². The third kappa shape index (κ3) is 3.32. The standard InChI is InChI=1S/C14H21NO/c16-14(13-6-2-1-3-7-13)9-8-12-5-4-10-15-11-12/h1-3,6-7,12,14-16H,4-5,8-11H2. The predicted molar refractivity (Wildman–Crippen MR) is 66.2 cm³/mol. The van der Waals surface area contributed by atoms with Crippen LogP contribution in [0.2, 0.25) is 0 Å². The van der Waals surface area contributed by atoms with Crippen molar-refractivity contribution in [1.82, 2.24) is 5.32 Å². The van der Waals surface area contributed by atoms with Gasteiger partial charge in [-0.3, -0.25) is 0 Å². The molecule has 88 valence electrons. The topological polar surface area (TPSA) is 32.3 Å². The van der Waals surface area contributed by atoms with Gasteiger partial charge in [-0.25, -0.2) is 0 Å². The Morgan fingerprint density at radius 1 is 1.31 bits per heavy atom. The van der Waals surface area contributed by atoms with Crippen molar-refractivity contribution in [2.24, 2.45) is 5.92 Å². The molecule has 0 amide bonds. The summed E-state index contributed by atoms with van der Waals surface area (Å²) in [6.07, 6.45) is 4.32. The maximum absolute atomic E-state index is 10.0. The van der Waals surface area contributed by atoms with Crippen molar-refractivity contribution in [3.05, 3.63) is 35.9 Å². The first kappa shape index (κ1) is 11.6. The molecule has 2 N–H and O–H groups in total. The molecule has 0 bridgehead atoms. The van der Waals surface area contributed by atoms with E-state index in [4.69, 9.17) is 0 Å². The van der Waals surface area contributed by atoms with Gasteiger partial charge in [0.25, 0.3) is 0 Å². The number of aliphatic hydroxyl groups excluding tert-OH is 1. The van der Waals surface area contributed by atoms with Crippen molar-refractivity contribution in [3.63, 3.8) is 0 Å². The molecule has 2 rings (SSSR count). The Morgan fingerprint density at radius 3 is 2.81 bits per heavy atom. The zero-order valence-corrected chi connectivity index (χ0v) is 9.73.